The van der Waals surface area contributed by atoms with Crippen LogP contribution in [0.5, 0.6) is 5.75 Å². The first-order valence-electron chi connectivity index (χ1n) is 9.03. The summed E-state index contributed by atoms with van der Waals surface area (Å²) in [6.45, 7) is 9.51. The van der Waals surface area contributed by atoms with E-state index in [0.29, 0.717) is 11.7 Å². The molecule has 0 aliphatic carbocycles. The minimum absolute atomic E-state index is 0.239. The quantitative estimate of drug-likeness (QED) is 0.739. The minimum Gasteiger partial charge on any atom is -0.482 e. The van der Waals surface area contributed by atoms with Crippen molar-refractivity contribution in [3.8, 4) is 5.75 Å². The second-order valence-corrected chi connectivity index (χ2v) is 6.94. The maximum atomic E-state index is 12.0. The summed E-state index contributed by atoms with van der Waals surface area (Å²) in [4.78, 5) is 23.9. The smallest absolute Gasteiger partial charge is 0.344 e. The highest BCUT2D eigenvalue weighted by Crippen LogP contribution is 2.23. The van der Waals surface area contributed by atoms with Crippen LogP contribution < -0.4 is 10.1 Å². The zero-order valence-corrected chi connectivity index (χ0v) is 16.6. The van der Waals surface area contributed by atoms with Gasteiger partial charge in [-0.2, -0.15) is 0 Å². The summed E-state index contributed by atoms with van der Waals surface area (Å²) in [5, 5.41) is 2.77. The van der Waals surface area contributed by atoms with Crippen molar-refractivity contribution in [2.45, 2.75) is 40.5 Å². The van der Waals surface area contributed by atoms with E-state index in [1.54, 1.807) is 0 Å². The first-order chi connectivity index (χ1) is 12.8. The van der Waals surface area contributed by atoms with Crippen molar-refractivity contribution in [2.75, 3.05) is 18.5 Å². The number of benzene rings is 2. The molecule has 0 aliphatic rings. The molecule has 0 aliphatic heterocycles. The van der Waals surface area contributed by atoms with Crippen LogP contribution in [0.25, 0.3) is 0 Å². The predicted octanol–water partition coefficient (Wildman–Crippen LogP) is 4.30. The van der Waals surface area contributed by atoms with Crippen LogP contribution in [0.2, 0.25) is 0 Å². The monoisotopic (exact) mass is 369 g/mol. The van der Waals surface area contributed by atoms with E-state index in [9.17, 15) is 9.59 Å². The molecule has 0 saturated heterocycles. The number of anilines is 1. The fraction of sp³-hybridized carbons (Fsp3) is 0.364. The van der Waals surface area contributed by atoms with Crippen LogP contribution in [0, 0.1) is 20.8 Å². The van der Waals surface area contributed by atoms with Gasteiger partial charge < -0.3 is 14.8 Å². The van der Waals surface area contributed by atoms with Crippen LogP contribution in [0.1, 0.15) is 42.0 Å². The molecule has 2 rings (SSSR count). The normalized spacial score (nSPS) is 10.6. The molecule has 0 fully saturated rings. The molecule has 0 aromatic heterocycles. The van der Waals surface area contributed by atoms with Crippen molar-refractivity contribution >= 4 is 17.6 Å². The van der Waals surface area contributed by atoms with Gasteiger partial charge in [0.2, 0.25) is 0 Å². The average molecular weight is 369 g/mol. The molecule has 0 bridgehead atoms. The molecule has 0 heterocycles. The van der Waals surface area contributed by atoms with Crippen molar-refractivity contribution < 1.29 is 19.1 Å². The van der Waals surface area contributed by atoms with E-state index in [4.69, 9.17) is 9.47 Å². The van der Waals surface area contributed by atoms with E-state index < -0.39 is 5.97 Å². The summed E-state index contributed by atoms with van der Waals surface area (Å²) < 4.78 is 10.5. The molecular weight excluding hydrogens is 342 g/mol. The van der Waals surface area contributed by atoms with E-state index >= 15 is 0 Å². The second kappa shape index (κ2) is 9.21. The summed E-state index contributed by atoms with van der Waals surface area (Å²) in [7, 11) is 0. The highest BCUT2D eigenvalue weighted by atomic mass is 16.6. The Morgan fingerprint density at radius 1 is 0.963 bits per heavy atom. The number of nitrogens with one attached hydrogen (secondary N) is 1. The molecule has 1 amide bonds. The van der Waals surface area contributed by atoms with Gasteiger partial charge in [0, 0.05) is 5.69 Å². The van der Waals surface area contributed by atoms with Gasteiger partial charge >= 0.3 is 5.97 Å². The first kappa shape index (κ1) is 20.5. The Morgan fingerprint density at radius 2 is 1.63 bits per heavy atom. The number of rotatable bonds is 7. The van der Waals surface area contributed by atoms with Gasteiger partial charge in [-0.1, -0.05) is 38.1 Å². The van der Waals surface area contributed by atoms with Gasteiger partial charge in [-0.25, -0.2) is 4.79 Å². The molecule has 0 atom stereocenters. The Bertz CT molecular complexity index is 807. The van der Waals surface area contributed by atoms with Gasteiger partial charge in [-0.3, -0.25) is 4.79 Å². The third kappa shape index (κ3) is 5.84. The maximum absolute atomic E-state index is 12.0. The number of para-hydroxylation sites is 1. The van der Waals surface area contributed by atoms with Gasteiger partial charge in [0.25, 0.3) is 5.91 Å². The van der Waals surface area contributed by atoms with Gasteiger partial charge in [-0.05, 0) is 61.1 Å². The number of carbonyl (C=O) groups excluding carboxylic acids is 2. The fourth-order valence-corrected chi connectivity index (χ4v) is 2.90. The topological polar surface area (TPSA) is 64.6 Å². The maximum Gasteiger partial charge on any atom is 0.344 e. The molecule has 5 heteroatoms. The van der Waals surface area contributed by atoms with Crippen molar-refractivity contribution in [3.63, 3.8) is 0 Å². The Morgan fingerprint density at radius 3 is 2.22 bits per heavy atom. The van der Waals surface area contributed by atoms with Crippen LogP contribution in [0.3, 0.4) is 0 Å². The number of ether oxygens (including phenoxy) is 2. The lowest BCUT2D eigenvalue weighted by Crippen LogP contribution is -2.24. The van der Waals surface area contributed by atoms with E-state index in [-0.39, 0.29) is 19.1 Å². The average Bonchev–Trinajstić information content (AvgIpc) is 2.61. The molecule has 2 aromatic rings. The van der Waals surface area contributed by atoms with E-state index in [2.05, 4.69) is 19.2 Å². The molecule has 0 unspecified atom stereocenters. The number of hydrogen-bond acceptors (Lipinski definition) is 4. The van der Waals surface area contributed by atoms with Crippen LogP contribution in [-0.2, 0) is 14.3 Å². The van der Waals surface area contributed by atoms with Crippen LogP contribution >= 0.6 is 0 Å². The van der Waals surface area contributed by atoms with Gasteiger partial charge in [0.1, 0.15) is 5.75 Å². The van der Waals surface area contributed by atoms with Crippen LogP contribution in [0.4, 0.5) is 5.69 Å². The Labute approximate surface area is 160 Å². The Kier molecular flexibility index (Phi) is 6.99. The third-order valence-electron chi connectivity index (χ3n) is 4.33. The molecule has 1 N–H and O–H groups in total. The lowest BCUT2D eigenvalue weighted by molar-refractivity contribution is -0.149. The summed E-state index contributed by atoms with van der Waals surface area (Å²) in [6, 6.07) is 11.5. The summed E-state index contributed by atoms with van der Waals surface area (Å²) in [5.74, 6) is 0.0726. The van der Waals surface area contributed by atoms with Gasteiger partial charge in [0.05, 0.1) is 0 Å². The highest BCUT2D eigenvalue weighted by Gasteiger charge is 2.12. The number of hydrogen-bond donors (Lipinski definition) is 1. The van der Waals surface area contributed by atoms with E-state index in [1.807, 2.05) is 57.2 Å². The Hall–Kier alpha value is -2.82. The number of amides is 1. The fourth-order valence-electron chi connectivity index (χ4n) is 2.90. The molecule has 0 radical (unpaired) electrons. The third-order valence-corrected chi connectivity index (χ3v) is 4.33. The van der Waals surface area contributed by atoms with Gasteiger partial charge in [0.15, 0.2) is 13.2 Å². The summed E-state index contributed by atoms with van der Waals surface area (Å²) in [5.41, 5.74) is 5.02. The minimum atomic E-state index is -0.586. The van der Waals surface area contributed by atoms with E-state index in [0.717, 1.165) is 22.4 Å². The number of esters is 1. The van der Waals surface area contributed by atoms with Crippen molar-refractivity contribution in [1.82, 2.24) is 0 Å². The number of carbonyl (C=O) groups is 2. The summed E-state index contributed by atoms with van der Waals surface area (Å²) in [6.07, 6.45) is 0. The molecule has 5 nitrogen and oxygen atoms in total. The first-order valence-corrected chi connectivity index (χ1v) is 9.03. The lowest BCUT2D eigenvalue weighted by atomic mass is 9.98. The predicted molar refractivity (Wildman–Crippen MR) is 106 cm³/mol. The molecular formula is C22H27NO4. The zero-order valence-electron chi connectivity index (χ0n) is 16.6. The van der Waals surface area contributed by atoms with Crippen molar-refractivity contribution in [2.24, 2.45) is 0 Å². The highest BCUT2D eigenvalue weighted by molar-refractivity contribution is 5.94. The standard InChI is InChI=1S/C22H27NO4/c1-14(2)19-10-9-18(11-17(19)5)26-13-21(25)27-12-20(24)23-22-15(3)7-6-8-16(22)4/h6-11,14H,12-13H2,1-5H3,(H,23,24). The second-order valence-electron chi connectivity index (χ2n) is 6.94. The van der Waals surface area contributed by atoms with Crippen molar-refractivity contribution in [3.05, 3.63) is 58.7 Å². The SMILES string of the molecule is Cc1cc(OCC(=O)OCC(=O)Nc2c(C)cccc2C)ccc1C(C)C. The summed E-state index contributed by atoms with van der Waals surface area (Å²) >= 11 is 0. The van der Waals surface area contributed by atoms with Crippen LogP contribution in [-0.4, -0.2) is 25.1 Å². The van der Waals surface area contributed by atoms with Crippen LogP contribution in [0.15, 0.2) is 36.4 Å². The van der Waals surface area contributed by atoms with Crippen molar-refractivity contribution in [1.29, 1.82) is 0 Å². The molecule has 2 aromatic carbocycles. The largest absolute Gasteiger partial charge is 0.482 e. The van der Waals surface area contributed by atoms with Gasteiger partial charge in [-0.15, -0.1) is 0 Å². The lowest BCUT2D eigenvalue weighted by Gasteiger charge is -2.13. The Balaban J connectivity index is 1.81. The molecule has 0 saturated carbocycles. The zero-order chi connectivity index (χ0) is 20.0. The van der Waals surface area contributed by atoms with E-state index in [1.165, 1.54) is 5.56 Å². The molecule has 27 heavy (non-hydrogen) atoms. The number of aryl methyl sites for hydroxylation is 3. The molecule has 144 valence electrons. The molecule has 0 spiro atoms.